The van der Waals surface area contributed by atoms with E-state index in [1.54, 1.807) is 0 Å². The smallest absolute Gasteiger partial charge is 0.0552 e. The maximum atomic E-state index is 9.54. The second-order valence-corrected chi connectivity index (χ2v) is 5.96. The lowest BCUT2D eigenvalue weighted by atomic mass is 9.95. The average molecular weight is 257 g/mol. The predicted octanol–water partition coefficient (Wildman–Crippen LogP) is 4.07. The molecule has 0 radical (unpaired) electrons. The fourth-order valence-electron chi connectivity index (χ4n) is 3.34. The van der Waals surface area contributed by atoms with Crippen LogP contribution in [0.15, 0.2) is 30.5 Å². The molecule has 0 bridgehead atoms. The molecule has 1 aliphatic rings. The highest BCUT2D eigenvalue weighted by Gasteiger charge is 2.16. The van der Waals surface area contributed by atoms with Crippen molar-refractivity contribution in [1.29, 1.82) is 0 Å². The molecule has 1 atom stereocenters. The van der Waals surface area contributed by atoms with Gasteiger partial charge >= 0.3 is 0 Å². The minimum absolute atomic E-state index is 0.268. The molecule has 2 nitrogen and oxygen atoms in total. The van der Waals surface area contributed by atoms with Crippen LogP contribution >= 0.6 is 0 Å². The third-order valence-corrected chi connectivity index (χ3v) is 4.29. The Hall–Kier alpha value is -1.28. The highest BCUT2D eigenvalue weighted by Crippen LogP contribution is 2.31. The summed E-state index contributed by atoms with van der Waals surface area (Å²) >= 11 is 0. The standard InChI is InChI=1S/C17H23NO/c1-13(19)11-14-7-8-15-9-10-18(17(15)12-14)16-5-3-2-4-6-16/h7-10,12-13,16,19H,2-6,11H2,1H3. The van der Waals surface area contributed by atoms with E-state index in [0.29, 0.717) is 6.04 Å². The molecule has 19 heavy (non-hydrogen) atoms. The third-order valence-electron chi connectivity index (χ3n) is 4.29. The summed E-state index contributed by atoms with van der Waals surface area (Å²) in [6.07, 6.45) is 9.45. The Kier molecular flexibility index (Phi) is 3.61. The number of benzene rings is 1. The third kappa shape index (κ3) is 2.69. The molecular weight excluding hydrogens is 234 g/mol. The lowest BCUT2D eigenvalue weighted by molar-refractivity contribution is 0.195. The summed E-state index contributed by atoms with van der Waals surface area (Å²) in [6.45, 7) is 1.85. The van der Waals surface area contributed by atoms with Gasteiger partial charge in [-0.1, -0.05) is 31.4 Å². The van der Waals surface area contributed by atoms with Crippen molar-refractivity contribution >= 4 is 10.9 Å². The quantitative estimate of drug-likeness (QED) is 0.881. The van der Waals surface area contributed by atoms with Gasteiger partial charge in [0, 0.05) is 17.8 Å². The molecule has 2 aromatic rings. The van der Waals surface area contributed by atoms with E-state index < -0.39 is 0 Å². The molecular formula is C17H23NO. The van der Waals surface area contributed by atoms with E-state index >= 15 is 0 Å². The zero-order valence-corrected chi connectivity index (χ0v) is 11.7. The van der Waals surface area contributed by atoms with Crippen LogP contribution in [0.25, 0.3) is 10.9 Å². The molecule has 0 spiro atoms. The van der Waals surface area contributed by atoms with Gasteiger partial charge in [-0.25, -0.2) is 0 Å². The van der Waals surface area contributed by atoms with Crippen LogP contribution < -0.4 is 0 Å². The average Bonchev–Trinajstić information content (AvgIpc) is 2.82. The lowest BCUT2D eigenvalue weighted by Crippen LogP contribution is -2.11. The molecule has 1 saturated carbocycles. The first-order valence-corrected chi connectivity index (χ1v) is 7.51. The van der Waals surface area contributed by atoms with Crippen molar-refractivity contribution in [2.45, 2.75) is 57.6 Å². The van der Waals surface area contributed by atoms with E-state index in [4.69, 9.17) is 0 Å². The first-order valence-electron chi connectivity index (χ1n) is 7.51. The molecule has 0 saturated heterocycles. The largest absolute Gasteiger partial charge is 0.393 e. The molecule has 1 aromatic carbocycles. The van der Waals surface area contributed by atoms with Gasteiger partial charge in [0.1, 0.15) is 0 Å². The first kappa shape index (κ1) is 12.7. The van der Waals surface area contributed by atoms with Gasteiger partial charge in [-0.15, -0.1) is 0 Å². The predicted molar refractivity (Wildman–Crippen MR) is 79.4 cm³/mol. The molecule has 3 rings (SSSR count). The van der Waals surface area contributed by atoms with Gasteiger partial charge < -0.3 is 9.67 Å². The second kappa shape index (κ2) is 5.38. The van der Waals surface area contributed by atoms with Crippen LogP contribution in [0.3, 0.4) is 0 Å². The summed E-state index contributed by atoms with van der Waals surface area (Å²) in [5, 5.41) is 10.9. The lowest BCUT2D eigenvalue weighted by Gasteiger charge is -2.24. The van der Waals surface area contributed by atoms with E-state index in [1.807, 2.05) is 6.92 Å². The van der Waals surface area contributed by atoms with Crippen molar-refractivity contribution in [2.24, 2.45) is 0 Å². The van der Waals surface area contributed by atoms with E-state index in [0.717, 1.165) is 6.42 Å². The molecule has 1 heterocycles. The maximum Gasteiger partial charge on any atom is 0.0552 e. The van der Waals surface area contributed by atoms with Crippen molar-refractivity contribution in [3.63, 3.8) is 0 Å². The van der Waals surface area contributed by atoms with Crippen LogP contribution in [0.2, 0.25) is 0 Å². The van der Waals surface area contributed by atoms with Crippen LogP contribution in [0.4, 0.5) is 0 Å². The van der Waals surface area contributed by atoms with Gasteiger partial charge in [0.15, 0.2) is 0 Å². The van der Waals surface area contributed by atoms with E-state index in [-0.39, 0.29) is 6.10 Å². The SMILES string of the molecule is CC(O)Cc1ccc2ccn(C3CCCCC3)c2c1. The Morgan fingerprint density at radius 3 is 2.74 bits per heavy atom. The summed E-state index contributed by atoms with van der Waals surface area (Å²) in [6, 6.07) is 9.48. The van der Waals surface area contributed by atoms with Crippen LogP contribution in [0.5, 0.6) is 0 Å². The minimum Gasteiger partial charge on any atom is -0.393 e. The number of fused-ring (bicyclic) bond motifs is 1. The summed E-state index contributed by atoms with van der Waals surface area (Å²) in [5.41, 5.74) is 2.57. The summed E-state index contributed by atoms with van der Waals surface area (Å²) in [4.78, 5) is 0. The highest BCUT2D eigenvalue weighted by molar-refractivity contribution is 5.81. The van der Waals surface area contributed by atoms with E-state index in [2.05, 4.69) is 35.0 Å². The normalized spacial score (nSPS) is 18.8. The van der Waals surface area contributed by atoms with Gasteiger partial charge in [-0.2, -0.15) is 0 Å². The molecule has 2 heteroatoms. The molecule has 1 aliphatic carbocycles. The fourth-order valence-corrected chi connectivity index (χ4v) is 3.34. The van der Waals surface area contributed by atoms with Gasteiger partial charge in [-0.3, -0.25) is 0 Å². The minimum atomic E-state index is -0.268. The Morgan fingerprint density at radius 2 is 2.00 bits per heavy atom. The van der Waals surface area contributed by atoms with Gasteiger partial charge in [0.2, 0.25) is 0 Å². The van der Waals surface area contributed by atoms with Gasteiger partial charge in [0.25, 0.3) is 0 Å². The summed E-state index contributed by atoms with van der Waals surface area (Å²) in [7, 11) is 0. The van der Waals surface area contributed by atoms with Gasteiger partial charge in [-0.05, 0) is 49.3 Å². The Labute approximate surface area is 115 Å². The summed E-state index contributed by atoms with van der Waals surface area (Å²) < 4.78 is 2.46. The monoisotopic (exact) mass is 257 g/mol. The Morgan fingerprint density at radius 1 is 1.21 bits per heavy atom. The molecule has 1 aromatic heterocycles. The van der Waals surface area contributed by atoms with Crippen molar-refractivity contribution in [3.05, 3.63) is 36.0 Å². The topological polar surface area (TPSA) is 25.2 Å². The molecule has 1 unspecified atom stereocenters. The molecule has 1 N–H and O–H groups in total. The van der Waals surface area contributed by atoms with Crippen molar-refractivity contribution in [2.75, 3.05) is 0 Å². The maximum absolute atomic E-state index is 9.54. The number of hydrogen-bond acceptors (Lipinski definition) is 1. The number of aliphatic hydroxyl groups is 1. The fraction of sp³-hybridized carbons (Fsp3) is 0.529. The van der Waals surface area contributed by atoms with E-state index in [1.165, 1.54) is 48.6 Å². The number of rotatable bonds is 3. The Bertz CT molecular complexity index is 549. The molecule has 0 aliphatic heterocycles. The van der Waals surface area contributed by atoms with Gasteiger partial charge in [0.05, 0.1) is 6.10 Å². The second-order valence-electron chi connectivity index (χ2n) is 5.96. The first-order chi connectivity index (χ1) is 9.24. The molecule has 102 valence electrons. The zero-order chi connectivity index (χ0) is 13.2. The van der Waals surface area contributed by atoms with E-state index in [9.17, 15) is 5.11 Å². The molecule has 0 amide bonds. The summed E-state index contributed by atoms with van der Waals surface area (Å²) in [5.74, 6) is 0. The van der Waals surface area contributed by atoms with Crippen molar-refractivity contribution in [1.82, 2.24) is 4.57 Å². The van der Waals surface area contributed by atoms with Crippen molar-refractivity contribution < 1.29 is 5.11 Å². The van der Waals surface area contributed by atoms with Crippen molar-refractivity contribution in [3.8, 4) is 0 Å². The zero-order valence-electron chi connectivity index (χ0n) is 11.7. The van der Waals surface area contributed by atoms with Crippen LogP contribution in [0, 0.1) is 0 Å². The highest BCUT2D eigenvalue weighted by atomic mass is 16.3. The number of aliphatic hydroxyl groups excluding tert-OH is 1. The van der Waals surface area contributed by atoms with Crippen LogP contribution in [-0.4, -0.2) is 15.8 Å². The number of hydrogen-bond donors (Lipinski definition) is 1. The number of aromatic nitrogens is 1. The molecule has 1 fully saturated rings. The Balaban J connectivity index is 1.95. The van der Waals surface area contributed by atoms with Crippen LogP contribution in [0.1, 0.15) is 50.6 Å². The number of nitrogens with zero attached hydrogens (tertiary/aromatic N) is 1. The van der Waals surface area contributed by atoms with Crippen LogP contribution in [-0.2, 0) is 6.42 Å².